The average Bonchev–Trinajstić information content (AvgIpc) is 3.34. The third-order valence-corrected chi connectivity index (χ3v) is 6.40. The molecule has 0 unspecified atom stereocenters. The molecule has 4 rings (SSSR count). The van der Waals surface area contributed by atoms with Gasteiger partial charge in [0.2, 0.25) is 5.03 Å². The number of H-pyrrole nitrogens is 1. The van der Waals surface area contributed by atoms with E-state index >= 15 is 0 Å². The van der Waals surface area contributed by atoms with Crippen LogP contribution in [0.5, 0.6) is 5.75 Å². The Morgan fingerprint density at radius 2 is 1.77 bits per heavy atom. The molecule has 156 valence electrons. The van der Waals surface area contributed by atoms with Crippen LogP contribution < -0.4 is 14.8 Å². The minimum atomic E-state index is -4.08. The second kappa shape index (κ2) is 7.83. The summed E-state index contributed by atoms with van der Waals surface area (Å²) in [6, 6.07) is 12.2. The van der Waals surface area contributed by atoms with Gasteiger partial charge in [0.15, 0.2) is 0 Å². The molecule has 0 saturated heterocycles. The van der Waals surface area contributed by atoms with Gasteiger partial charge in [0.05, 0.1) is 7.11 Å². The van der Waals surface area contributed by atoms with E-state index in [-0.39, 0.29) is 10.6 Å². The van der Waals surface area contributed by atoms with Gasteiger partial charge in [-0.25, -0.2) is 0 Å². The van der Waals surface area contributed by atoms with Gasteiger partial charge in [-0.05, 0) is 73.7 Å². The molecule has 0 aliphatic heterocycles. The molecule has 3 N–H and O–H groups in total. The zero-order chi connectivity index (χ0) is 21.3. The van der Waals surface area contributed by atoms with E-state index in [4.69, 9.17) is 4.74 Å². The fraction of sp³-hybridized carbons (Fsp3) is 0.238. The third kappa shape index (κ3) is 3.88. The monoisotopic (exact) mass is 426 g/mol. The number of benzene rings is 2. The lowest BCUT2D eigenvalue weighted by Crippen LogP contribution is -2.20. The molecule has 1 aliphatic rings. The van der Waals surface area contributed by atoms with Crippen molar-refractivity contribution in [1.82, 2.24) is 10.2 Å². The van der Waals surface area contributed by atoms with Crippen molar-refractivity contribution in [3.63, 3.8) is 0 Å². The number of rotatable bonds is 6. The molecule has 1 aliphatic carbocycles. The van der Waals surface area contributed by atoms with Gasteiger partial charge in [-0.2, -0.15) is 13.5 Å². The van der Waals surface area contributed by atoms with Gasteiger partial charge in [0, 0.05) is 17.1 Å². The van der Waals surface area contributed by atoms with Crippen molar-refractivity contribution in [3.8, 4) is 5.75 Å². The summed E-state index contributed by atoms with van der Waals surface area (Å²) in [5, 5.41) is 8.93. The van der Waals surface area contributed by atoms with Crippen LogP contribution >= 0.6 is 0 Å². The van der Waals surface area contributed by atoms with Gasteiger partial charge < -0.3 is 10.1 Å². The van der Waals surface area contributed by atoms with E-state index in [1.165, 1.54) is 18.2 Å². The van der Waals surface area contributed by atoms with Crippen LogP contribution in [0.2, 0.25) is 0 Å². The highest BCUT2D eigenvalue weighted by atomic mass is 32.2. The number of hydrogen-bond donors (Lipinski definition) is 3. The van der Waals surface area contributed by atoms with Crippen molar-refractivity contribution >= 4 is 27.3 Å². The molecule has 0 radical (unpaired) electrons. The topological polar surface area (TPSA) is 113 Å². The van der Waals surface area contributed by atoms with E-state index in [0.717, 1.165) is 19.3 Å². The molecule has 2 aromatic carbocycles. The summed E-state index contributed by atoms with van der Waals surface area (Å²) in [5.74, 6) is 0.0669. The fourth-order valence-electron chi connectivity index (χ4n) is 3.57. The summed E-state index contributed by atoms with van der Waals surface area (Å²) in [6.45, 7) is 1.61. The molecule has 30 heavy (non-hydrogen) atoms. The Morgan fingerprint density at radius 1 is 1.07 bits per heavy atom. The quantitative estimate of drug-likeness (QED) is 0.560. The van der Waals surface area contributed by atoms with Crippen molar-refractivity contribution in [3.05, 3.63) is 64.8 Å². The number of aryl methyl sites for hydroxylation is 3. The van der Waals surface area contributed by atoms with Gasteiger partial charge in [-0.3, -0.25) is 14.6 Å². The summed E-state index contributed by atoms with van der Waals surface area (Å²) in [5.41, 5.74) is 3.82. The van der Waals surface area contributed by atoms with Gasteiger partial charge in [0.1, 0.15) is 11.3 Å². The molecular weight excluding hydrogens is 404 g/mol. The molecule has 0 saturated carbocycles. The van der Waals surface area contributed by atoms with E-state index < -0.39 is 15.9 Å². The number of carbonyl (C=O) groups excluding carboxylic acids is 1. The van der Waals surface area contributed by atoms with Crippen molar-refractivity contribution in [2.75, 3.05) is 17.1 Å². The van der Waals surface area contributed by atoms with Crippen LogP contribution in [0.4, 0.5) is 11.4 Å². The number of methoxy groups -OCH3 is 1. The highest BCUT2D eigenvalue weighted by Crippen LogP contribution is 2.26. The summed E-state index contributed by atoms with van der Waals surface area (Å²) >= 11 is 0. The van der Waals surface area contributed by atoms with E-state index in [1.807, 2.05) is 18.2 Å². The Balaban J connectivity index is 1.59. The number of sulfonamides is 1. The normalized spacial score (nSPS) is 13.0. The van der Waals surface area contributed by atoms with Crippen LogP contribution in [0.3, 0.4) is 0 Å². The number of nitrogens with one attached hydrogen (secondary N) is 3. The predicted octanol–water partition coefficient (Wildman–Crippen LogP) is 3.27. The SMILES string of the molecule is COc1ccc(NS(=O)(=O)c2n[nH]c(C)c2C(=O)Nc2ccc3c(c2)CCC3)cc1. The van der Waals surface area contributed by atoms with Crippen LogP contribution in [-0.4, -0.2) is 31.6 Å². The Bertz CT molecular complexity index is 1200. The Hall–Kier alpha value is -3.33. The smallest absolute Gasteiger partial charge is 0.282 e. The Kier molecular flexibility index (Phi) is 5.21. The number of aromatic amines is 1. The first-order chi connectivity index (χ1) is 14.4. The van der Waals surface area contributed by atoms with E-state index in [9.17, 15) is 13.2 Å². The largest absolute Gasteiger partial charge is 0.497 e. The molecule has 0 bridgehead atoms. The average molecular weight is 426 g/mol. The van der Waals surface area contributed by atoms with Crippen LogP contribution in [0.25, 0.3) is 0 Å². The van der Waals surface area contributed by atoms with Crippen LogP contribution in [-0.2, 0) is 22.9 Å². The number of hydrogen-bond acceptors (Lipinski definition) is 5. The van der Waals surface area contributed by atoms with Crippen LogP contribution in [0, 0.1) is 6.92 Å². The number of amides is 1. The zero-order valence-electron chi connectivity index (χ0n) is 16.7. The van der Waals surface area contributed by atoms with E-state index in [1.54, 1.807) is 31.2 Å². The summed E-state index contributed by atoms with van der Waals surface area (Å²) in [6.07, 6.45) is 3.13. The maximum absolute atomic E-state index is 12.9. The fourth-order valence-corrected chi connectivity index (χ4v) is 4.80. The number of nitrogens with zero attached hydrogens (tertiary/aromatic N) is 1. The number of ether oxygens (including phenoxy) is 1. The van der Waals surface area contributed by atoms with Gasteiger partial charge in [0.25, 0.3) is 15.9 Å². The third-order valence-electron chi connectivity index (χ3n) is 5.09. The molecule has 1 heterocycles. The second-order valence-corrected chi connectivity index (χ2v) is 8.75. The number of anilines is 2. The zero-order valence-corrected chi connectivity index (χ0v) is 17.5. The maximum atomic E-state index is 12.9. The molecule has 1 aromatic heterocycles. The minimum absolute atomic E-state index is 0.0171. The molecule has 1 amide bonds. The highest BCUT2D eigenvalue weighted by Gasteiger charge is 2.28. The van der Waals surface area contributed by atoms with E-state index in [2.05, 4.69) is 20.2 Å². The molecular formula is C21H22N4O4S. The van der Waals surface area contributed by atoms with Crippen LogP contribution in [0.1, 0.15) is 33.6 Å². The number of carbonyl (C=O) groups is 1. The lowest BCUT2D eigenvalue weighted by Gasteiger charge is -2.10. The lowest BCUT2D eigenvalue weighted by molar-refractivity contribution is 0.102. The molecule has 0 spiro atoms. The van der Waals surface area contributed by atoms with Gasteiger partial charge in [-0.1, -0.05) is 6.07 Å². The molecule has 0 atom stereocenters. The summed E-state index contributed by atoms with van der Waals surface area (Å²) < 4.78 is 33.3. The van der Waals surface area contributed by atoms with Crippen molar-refractivity contribution in [1.29, 1.82) is 0 Å². The second-order valence-electron chi connectivity index (χ2n) is 7.15. The Morgan fingerprint density at radius 3 is 2.50 bits per heavy atom. The van der Waals surface area contributed by atoms with Crippen molar-refractivity contribution in [2.24, 2.45) is 0 Å². The van der Waals surface area contributed by atoms with Gasteiger partial charge >= 0.3 is 0 Å². The first kappa shape index (κ1) is 20.0. The Labute approximate surface area is 174 Å². The predicted molar refractivity (Wildman–Crippen MR) is 114 cm³/mol. The van der Waals surface area contributed by atoms with Crippen molar-refractivity contribution < 1.29 is 17.9 Å². The highest BCUT2D eigenvalue weighted by molar-refractivity contribution is 7.92. The molecule has 3 aromatic rings. The molecule has 9 heteroatoms. The van der Waals surface area contributed by atoms with E-state index in [0.29, 0.717) is 22.8 Å². The summed E-state index contributed by atoms with van der Waals surface area (Å²) in [7, 11) is -2.56. The maximum Gasteiger partial charge on any atom is 0.282 e. The molecule has 8 nitrogen and oxygen atoms in total. The van der Waals surface area contributed by atoms with Crippen molar-refractivity contribution in [2.45, 2.75) is 31.2 Å². The first-order valence-electron chi connectivity index (χ1n) is 9.52. The number of aromatic nitrogens is 2. The standard InChI is InChI=1S/C21H22N4O4S/c1-13-19(20(26)22-17-7-6-14-4-3-5-15(14)12-17)21(24-23-13)30(27,28)25-16-8-10-18(29-2)11-9-16/h6-12,25H,3-5H2,1-2H3,(H,22,26)(H,23,24). The number of fused-ring (bicyclic) bond motifs is 1. The summed E-state index contributed by atoms with van der Waals surface area (Å²) in [4.78, 5) is 12.9. The van der Waals surface area contributed by atoms with Gasteiger partial charge in [-0.15, -0.1) is 0 Å². The minimum Gasteiger partial charge on any atom is -0.497 e. The lowest BCUT2D eigenvalue weighted by atomic mass is 10.1. The van der Waals surface area contributed by atoms with Crippen LogP contribution in [0.15, 0.2) is 47.5 Å². The first-order valence-corrected chi connectivity index (χ1v) is 11.0. The molecule has 0 fully saturated rings.